The zero-order valence-electron chi connectivity index (χ0n) is 11.8. The van der Waals surface area contributed by atoms with E-state index < -0.39 is 5.69 Å². The molecule has 2 heterocycles. The highest BCUT2D eigenvalue weighted by Crippen LogP contribution is 2.18. The fraction of sp³-hybridized carbons (Fsp3) is 0.357. The summed E-state index contributed by atoms with van der Waals surface area (Å²) in [5.74, 6) is -0.166. The van der Waals surface area contributed by atoms with Gasteiger partial charge in [-0.25, -0.2) is 9.89 Å². The van der Waals surface area contributed by atoms with Crippen molar-refractivity contribution in [3.63, 3.8) is 0 Å². The van der Waals surface area contributed by atoms with E-state index in [1.165, 1.54) is 11.3 Å². The molecule has 1 aliphatic rings. The van der Waals surface area contributed by atoms with Gasteiger partial charge >= 0.3 is 5.69 Å². The van der Waals surface area contributed by atoms with Crippen LogP contribution in [0, 0.1) is 6.92 Å². The van der Waals surface area contributed by atoms with E-state index in [0.717, 1.165) is 13.1 Å². The maximum atomic E-state index is 12.2. The van der Waals surface area contributed by atoms with Crippen LogP contribution in [-0.4, -0.2) is 52.2 Å². The molecule has 0 unspecified atom stereocenters. The number of nitrogens with zero attached hydrogens (tertiary/aromatic N) is 3. The van der Waals surface area contributed by atoms with Gasteiger partial charge in [-0.05, 0) is 24.6 Å². The standard InChI is InChI=1S/C14H17N5O2/c1-10-3-2-4-11(9-10)18-5-7-19(8-6-18)13(20)12-15-14(21)17-16-12/h2-4,9H,5-8H2,1H3,(H2,15,16,17,21). The fourth-order valence-corrected chi connectivity index (χ4v) is 2.51. The van der Waals surface area contributed by atoms with Gasteiger partial charge in [-0.2, -0.15) is 0 Å². The third kappa shape index (κ3) is 2.81. The first-order valence-electron chi connectivity index (χ1n) is 6.89. The molecule has 7 heteroatoms. The lowest BCUT2D eigenvalue weighted by molar-refractivity contribution is 0.0735. The maximum Gasteiger partial charge on any atom is 0.341 e. The second-order valence-corrected chi connectivity index (χ2v) is 5.14. The lowest BCUT2D eigenvalue weighted by Gasteiger charge is -2.35. The van der Waals surface area contributed by atoms with Crippen LogP contribution in [0.1, 0.15) is 16.2 Å². The molecule has 110 valence electrons. The molecule has 7 nitrogen and oxygen atoms in total. The molecular formula is C14H17N5O2. The van der Waals surface area contributed by atoms with Gasteiger partial charge in [-0.15, -0.1) is 5.10 Å². The van der Waals surface area contributed by atoms with Gasteiger partial charge in [0.1, 0.15) is 0 Å². The Morgan fingerprint density at radius 1 is 1.24 bits per heavy atom. The van der Waals surface area contributed by atoms with Crippen LogP contribution in [0.5, 0.6) is 0 Å². The van der Waals surface area contributed by atoms with Crippen LogP contribution < -0.4 is 10.6 Å². The van der Waals surface area contributed by atoms with Crippen molar-refractivity contribution in [1.82, 2.24) is 20.1 Å². The Labute approximate surface area is 121 Å². The average Bonchev–Trinajstić information content (AvgIpc) is 2.93. The summed E-state index contributed by atoms with van der Waals surface area (Å²) in [6.45, 7) is 4.83. The van der Waals surface area contributed by atoms with Crippen LogP contribution in [0.4, 0.5) is 5.69 Å². The molecule has 1 saturated heterocycles. The predicted octanol–water partition coefficient (Wildman–Crippen LogP) is 0.369. The van der Waals surface area contributed by atoms with Gasteiger partial charge in [0.15, 0.2) is 0 Å². The first kappa shape index (κ1) is 13.4. The van der Waals surface area contributed by atoms with E-state index in [9.17, 15) is 9.59 Å². The van der Waals surface area contributed by atoms with Gasteiger partial charge < -0.3 is 9.80 Å². The van der Waals surface area contributed by atoms with E-state index in [2.05, 4.69) is 45.2 Å². The van der Waals surface area contributed by atoms with Crippen molar-refractivity contribution in [1.29, 1.82) is 0 Å². The SMILES string of the molecule is Cc1cccc(N2CCN(C(=O)c3n[nH]c(=O)[nH]3)CC2)c1. The zero-order chi connectivity index (χ0) is 14.8. The smallest absolute Gasteiger partial charge is 0.341 e. The Bertz CT molecular complexity index is 697. The monoisotopic (exact) mass is 287 g/mol. The Morgan fingerprint density at radius 3 is 2.62 bits per heavy atom. The molecule has 0 bridgehead atoms. The third-order valence-electron chi connectivity index (χ3n) is 3.64. The van der Waals surface area contributed by atoms with Crippen LogP contribution >= 0.6 is 0 Å². The third-order valence-corrected chi connectivity index (χ3v) is 3.64. The van der Waals surface area contributed by atoms with Crippen LogP contribution in [0.15, 0.2) is 29.1 Å². The van der Waals surface area contributed by atoms with E-state index in [-0.39, 0.29) is 11.7 Å². The topological polar surface area (TPSA) is 85.1 Å². The van der Waals surface area contributed by atoms with Gasteiger partial charge in [0.2, 0.25) is 5.82 Å². The number of carbonyl (C=O) groups is 1. The van der Waals surface area contributed by atoms with Gasteiger partial charge in [-0.3, -0.25) is 9.78 Å². The first-order chi connectivity index (χ1) is 10.1. The number of carbonyl (C=O) groups excluding carboxylic acids is 1. The lowest BCUT2D eigenvalue weighted by atomic mass is 10.2. The lowest BCUT2D eigenvalue weighted by Crippen LogP contribution is -2.49. The molecule has 0 saturated carbocycles. The van der Waals surface area contributed by atoms with Crippen LogP contribution in [-0.2, 0) is 0 Å². The number of aromatic nitrogens is 3. The number of aryl methyl sites for hydroxylation is 1. The highest BCUT2D eigenvalue weighted by Gasteiger charge is 2.24. The number of rotatable bonds is 2. The van der Waals surface area contributed by atoms with Crippen LogP contribution in [0.2, 0.25) is 0 Å². The Morgan fingerprint density at radius 2 is 2.00 bits per heavy atom. The molecule has 2 aromatic rings. The summed E-state index contributed by atoms with van der Waals surface area (Å²) in [5.41, 5.74) is 1.94. The van der Waals surface area contributed by atoms with Crippen molar-refractivity contribution in [2.24, 2.45) is 0 Å². The van der Waals surface area contributed by atoms with Gasteiger partial charge in [0.05, 0.1) is 0 Å². The van der Waals surface area contributed by atoms with Crippen LogP contribution in [0.3, 0.4) is 0 Å². The van der Waals surface area contributed by atoms with Crippen molar-refractivity contribution in [2.75, 3.05) is 31.1 Å². The number of amides is 1. The summed E-state index contributed by atoms with van der Waals surface area (Å²) in [5, 5.41) is 5.89. The number of aromatic amines is 2. The minimum Gasteiger partial charge on any atom is -0.368 e. The molecular weight excluding hydrogens is 270 g/mol. The second kappa shape index (κ2) is 5.43. The summed E-state index contributed by atoms with van der Waals surface area (Å²) >= 11 is 0. The summed E-state index contributed by atoms with van der Waals surface area (Å²) < 4.78 is 0. The number of H-pyrrole nitrogens is 2. The number of anilines is 1. The summed E-state index contributed by atoms with van der Waals surface area (Å²) in [4.78, 5) is 29.5. The Kier molecular flexibility index (Phi) is 3.47. The second-order valence-electron chi connectivity index (χ2n) is 5.14. The van der Waals surface area contributed by atoms with Crippen molar-refractivity contribution in [2.45, 2.75) is 6.92 Å². The molecule has 1 fully saturated rings. The Hall–Kier alpha value is -2.57. The number of hydrogen-bond donors (Lipinski definition) is 2. The van der Waals surface area contributed by atoms with E-state index >= 15 is 0 Å². The fourth-order valence-electron chi connectivity index (χ4n) is 2.51. The van der Waals surface area contributed by atoms with E-state index in [0.29, 0.717) is 13.1 Å². The highest BCUT2D eigenvalue weighted by molar-refractivity contribution is 5.90. The van der Waals surface area contributed by atoms with Gasteiger partial charge in [-0.1, -0.05) is 12.1 Å². The number of hydrogen-bond acceptors (Lipinski definition) is 4. The maximum absolute atomic E-state index is 12.2. The molecule has 1 aromatic carbocycles. The normalized spacial score (nSPS) is 15.3. The van der Waals surface area contributed by atoms with Crippen LogP contribution in [0.25, 0.3) is 0 Å². The Balaban J connectivity index is 1.65. The summed E-state index contributed by atoms with van der Waals surface area (Å²) in [6, 6.07) is 8.33. The summed E-state index contributed by atoms with van der Waals surface area (Å²) in [7, 11) is 0. The minimum absolute atomic E-state index is 0.0732. The number of piperazine rings is 1. The zero-order valence-corrected chi connectivity index (χ0v) is 11.8. The molecule has 0 radical (unpaired) electrons. The molecule has 1 aliphatic heterocycles. The first-order valence-corrected chi connectivity index (χ1v) is 6.89. The van der Waals surface area contributed by atoms with Crippen molar-refractivity contribution < 1.29 is 4.79 Å². The molecule has 1 aromatic heterocycles. The largest absolute Gasteiger partial charge is 0.368 e. The molecule has 0 aliphatic carbocycles. The quantitative estimate of drug-likeness (QED) is 0.835. The van der Waals surface area contributed by atoms with Gasteiger partial charge in [0, 0.05) is 31.9 Å². The van der Waals surface area contributed by atoms with Crippen molar-refractivity contribution >= 4 is 11.6 Å². The highest BCUT2D eigenvalue weighted by atomic mass is 16.2. The van der Waals surface area contributed by atoms with Gasteiger partial charge in [0.25, 0.3) is 5.91 Å². The van der Waals surface area contributed by atoms with E-state index in [1.54, 1.807) is 4.90 Å². The van der Waals surface area contributed by atoms with Crippen molar-refractivity contribution in [3.05, 3.63) is 46.1 Å². The number of nitrogens with one attached hydrogen (secondary N) is 2. The molecule has 1 amide bonds. The predicted molar refractivity (Wildman–Crippen MR) is 78.5 cm³/mol. The van der Waals surface area contributed by atoms with Crippen molar-refractivity contribution in [3.8, 4) is 0 Å². The molecule has 3 rings (SSSR count). The molecule has 0 atom stereocenters. The number of benzene rings is 1. The average molecular weight is 287 g/mol. The van der Waals surface area contributed by atoms with E-state index in [1.807, 2.05) is 6.07 Å². The molecule has 0 spiro atoms. The molecule has 21 heavy (non-hydrogen) atoms. The summed E-state index contributed by atoms with van der Waals surface area (Å²) in [6.07, 6.45) is 0. The van der Waals surface area contributed by atoms with E-state index in [4.69, 9.17) is 0 Å². The minimum atomic E-state index is -0.461. The molecule has 2 N–H and O–H groups in total.